The molecule has 154 valence electrons. The molecule has 0 fully saturated rings. The molecule has 0 bridgehead atoms. The lowest BCUT2D eigenvalue weighted by Gasteiger charge is -2.34. The SMILES string of the molecule is CSN1Cc2nc(C)cnc2-c2c(C)c(-c3ccc(C)cc3)c(CC(=O)O)c(C)c21. The molecule has 0 radical (unpaired) electrons. The quantitative estimate of drug-likeness (QED) is 0.581. The van der Waals surface area contributed by atoms with Gasteiger partial charge in [-0.3, -0.25) is 14.8 Å². The third-order valence-corrected chi connectivity index (χ3v) is 6.48. The lowest BCUT2D eigenvalue weighted by molar-refractivity contribution is -0.136. The Morgan fingerprint density at radius 3 is 2.43 bits per heavy atom. The third kappa shape index (κ3) is 3.35. The molecule has 1 N–H and O–H groups in total. The van der Waals surface area contributed by atoms with E-state index in [0.29, 0.717) is 6.54 Å². The molecule has 0 aliphatic carbocycles. The number of hydrogen-bond acceptors (Lipinski definition) is 5. The number of anilines is 1. The largest absolute Gasteiger partial charge is 0.481 e. The van der Waals surface area contributed by atoms with Crippen LogP contribution < -0.4 is 4.31 Å². The Morgan fingerprint density at radius 2 is 1.80 bits per heavy atom. The normalized spacial score (nSPS) is 12.5. The summed E-state index contributed by atoms with van der Waals surface area (Å²) in [6.07, 6.45) is 3.83. The van der Waals surface area contributed by atoms with Crippen LogP contribution >= 0.6 is 11.9 Å². The van der Waals surface area contributed by atoms with Crippen LogP contribution in [0.15, 0.2) is 30.5 Å². The Morgan fingerprint density at radius 1 is 1.10 bits per heavy atom. The van der Waals surface area contributed by atoms with Gasteiger partial charge in [-0.15, -0.1) is 0 Å². The smallest absolute Gasteiger partial charge is 0.307 e. The predicted molar refractivity (Wildman–Crippen MR) is 123 cm³/mol. The fourth-order valence-electron chi connectivity index (χ4n) is 4.35. The second-order valence-electron chi connectivity index (χ2n) is 7.79. The van der Waals surface area contributed by atoms with Crippen molar-refractivity contribution in [3.63, 3.8) is 0 Å². The minimum Gasteiger partial charge on any atom is -0.481 e. The Balaban J connectivity index is 2.11. The highest BCUT2D eigenvalue weighted by Crippen LogP contribution is 2.49. The Hall–Kier alpha value is -2.86. The van der Waals surface area contributed by atoms with Gasteiger partial charge in [-0.05, 0) is 55.5 Å². The summed E-state index contributed by atoms with van der Waals surface area (Å²) in [4.78, 5) is 21.3. The van der Waals surface area contributed by atoms with Crippen molar-refractivity contribution < 1.29 is 9.90 Å². The van der Waals surface area contributed by atoms with Crippen LogP contribution in [0.1, 0.15) is 33.6 Å². The van der Waals surface area contributed by atoms with Crippen LogP contribution in [0.3, 0.4) is 0 Å². The lowest BCUT2D eigenvalue weighted by atomic mass is 9.83. The first-order valence-corrected chi connectivity index (χ1v) is 11.1. The first-order chi connectivity index (χ1) is 14.3. The lowest BCUT2D eigenvalue weighted by Crippen LogP contribution is -2.24. The number of nitrogens with zero attached hydrogens (tertiary/aromatic N) is 3. The van der Waals surface area contributed by atoms with E-state index in [2.05, 4.69) is 42.4 Å². The summed E-state index contributed by atoms with van der Waals surface area (Å²) in [5.41, 5.74) is 11.0. The Bertz CT molecular complexity index is 1160. The standard InChI is InChI=1S/C24H25N3O2S/c1-13-6-8-17(9-7-13)21-16(4)22-23-19(26-14(2)11-25-23)12-27(30-5)24(22)15(3)18(21)10-20(28)29/h6-9,11H,10,12H2,1-5H3,(H,28,29). The third-order valence-electron chi connectivity index (χ3n) is 5.73. The minimum atomic E-state index is -0.826. The summed E-state index contributed by atoms with van der Waals surface area (Å²) < 4.78 is 2.21. The van der Waals surface area contributed by atoms with Crippen molar-refractivity contribution >= 4 is 23.6 Å². The summed E-state index contributed by atoms with van der Waals surface area (Å²) in [5.74, 6) is -0.826. The van der Waals surface area contributed by atoms with E-state index in [1.54, 1.807) is 11.9 Å². The van der Waals surface area contributed by atoms with Crippen molar-refractivity contribution in [3.8, 4) is 22.4 Å². The number of fused-ring (bicyclic) bond motifs is 3. The van der Waals surface area contributed by atoms with Crippen LogP contribution in [-0.2, 0) is 17.8 Å². The van der Waals surface area contributed by atoms with E-state index in [1.165, 1.54) is 5.56 Å². The fourth-order valence-corrected chi connectivity index (χ4v) is 5.01. The highest BCUT2D eigenvalue weighted by molar-refractivity contribution is 7.99. The molecule has 6 heteroatoms. The maximum atomic E-state index is 11.8. The molecule has 5 nitrogen and oxygen atoms in total. The van der Waals surface area contributed by atoms with E-state index in [9.17, 15) is 9.90 Å². The monoisotopic (exact) mass is 419 g/mol. The molecular formula is C24H25N3O2S. The number of carboxylic acids is 1. The van der Waals surface area contributed by atoms with Gasteiger partial charge in [0.05, 0.1) is 35.7 Å². The molecule has 0 unspecified atom stereocenters. The molecule has 2 aromatic carbocycles. The van der Waals surface area contributed by atoms with Crippen molar-refractivity contribution in [3.05, 3.63) is 64.1 Å². The number of carboxylic acid groups (broad SMARTS) is 1. The average molecular weight is 420 g/mol. The van der Waals surface area contributed by atoms with E-state index in [4.69, 9.17) is 9.97 Å². The second kappa shape index (κ2) is 7.76. The average Bonchev–Trinajstić information content (AvgIpc) is 2.71. The second-order valence-corrected chi connectivity index (χ2v) is 8.60. The van der Waals surface area contributed by atoms with Gasteiger partial charge in [0.15, 0.2) is 0 Å². The zero-order valence-corrected chi connectivity index (χ0v) is 18.7. The van der Waals surface area contributed by atoms with Crippen LogP contribution in [0.4, 0.5) is 5.69 Å². The molecule has 1 aliphatic rings. The maximum Gasteiger partial charge on any atom is 0.307 e. The Kier molecular flexibility index (Phi) is 5.28. The zero-order chi connectivity index (χ0) is 21.6. The van der Waals surface area contributed by atoms with Gasteiger partial charge in [-0.2, -0.15) is 0 Å². The number of aryl methyl sites for hydroxylation is 2. The number of benzene rings is 2. The van der Waals surface area contributed by atoms with Crippen molar-refractivity contribution in [2.45, 2.75) is 40.7 Å². The molecule has 1 aromatic heterocycles. The van der Waals surface area contributed by atoms with Crippen molar-refractivity contribution in [2.24, 2.45) is 0 Å². The van der Waals surface area contributed by atoms with Gasteiger partial charge in [0.25, 0.3) is 0 Å². The minimum absolute atomic E-state index is 0.0161. The van der Waals surface area contributed by atoms with Crippen LogP contribution in [0, 0.1) is 27.7 Å². The number of carbonyl (C=O) groups is 1. The van der Waals surface area contributed by atoms with Gasteiger partial charge in [0, 0.05) is 18.0 Å². The van der Waals surface area contributed by atoms with Crippen molar-refractivity contribution in [1.29, 1.82) is 0 Å². The molecule has 2 heterocycles. The molecule has 3 aromatic rings. The molecule has 0 amide bonds. The summed E-state index contributed by atoms with van der Waals surface area (Å²) >= 11 is 1.63. The number of aliphatic carboxylic acids is 1. The van der Waals surface area contributed by atoms with Gasteiger partial charge >= 0.3 is 5.97 Å². The summed E-state index contributed by atoms with van der Waals surface area (Å²) in [7, 11) is 0. The molecule has 0 atom stereocenters. The number of rotatable bonds is 4. The van der Waals surface area contributed by atoms with Gasteiger partial charge in [-0.25, -0.2) is 0 Å². The van der Waals surface area contributed by atoms with Crippen molar-refractivity contribution in [2.75, 3.05) is 10.6 Å². The maximum absolute atomic E-state index is 11.8. The molecular weight excluding hydrogens is 394 g/mol. The van der Waals surface area contributed by atoms with Crippen LogP contribution in [0.2, 0.25) is 0 Å². The molecule has 0 saturated carbocycles. The highest BCUT2D eigenvalue weighted by Gasteiger charge is 2.31. The zero-order valence-electron chi connectivity index (χ0n) is 17.9. The van der Waals surface area contributed by atoms with E-state index in [-0.39, 0.29) is 6.42 Å². The van der Waals surface area contributed by atoms with E-state index >= 15 is 0 Å². The predicted octanol–water partition coefficient (Wildman–Crippen LogP) is 5.27. The number of hydrogen-bond donors (Lipinski definition) is 1. The van der Waals surface area contributed by atoms with Crippen LogP contribution in [0.5, 0.6) is 0 Å². The van der Waals surface area contributed by atoms with E-state index < -0.39 is 5.97 Å². The van der Waals surface area contributed by atoms with E-state index in [0.717, 1.165) is 56.1 Å². The highest BCUT2D eigenvalue weighted by atomic mass is 32.2. The van der Waals surface area contributed by atoms with Crippen LogP contribution in [0.25, 0.3) is 22.4 Å². The molecule has 1 aliphatic heterocycles. The van der Waals surface area contributed by atoms with Crippen molar-refractivity contribution in [1.82, 2.24) is 9.97 Å². The summed E-state index contributed by atoms with van der Waals surface area (Å²) in [6.45, 7) is 8.77. The molecule has 4 rings (SSSR count). The number of aromatic nitrogens is 2. The summed E-state index contributed by atoms with van der Waals surface area (Å²) in [6, 6.07) is 8.29. The molecule has 0 spiro atoms. The van der Waals surface area contributed by atoms with Gasteiger partial charge < -0.3 is 9.41 Å². The Labute approximate surface area is 181 Å². The van der Waals surface area contributed by atoms with Gasteiger partial charge in [-0.1, -0.05) is 41.8 Å². The summed E-state index contributed by atoms with van der Waals surface area (Å²) in [5, 5.41) is 9.67. The van der Waals surface area contributed by atoms with E-state index in [1.807, 2.05) is 26.3 Å². The fraction of sp³-hybridized carbons (Fsp3) is 0.292. The molecule has 30 heavy (non-hydrogen) atoms. The molecule has 0 saturated heterocycles. The first kappa shape index (κ1) is 20.4. The topological polar surface area (TPSA) is 66.3 Å². The van der Waals surface area contributed by atoms with Gasteiger partial charge in [0.2, 0.25) is 0 Å². The first-order valence-electron chi connectivity index (χ1n) is 9.91. The van der Waals surface area contributed by atoms with Crippen LogP contribution in [-0.4, -0.2) is 27.3 Å². The van der Waals surface area contributed by atoms with Gasteiger partial charge in [0.1, 0.15) is 0 Å².